The van der Waals surface area contributed by atoms with Crippen molar-refractivity contribution in [1.82, 2.24) is 0 Å². The van der Waals surface area contributed by atoms with Gasteiger partial charge in [0, 0.05) is 4.43 Å². The van der Waals surface area contributed by atoms with Crippen LogP contribution in [0.1, 0.15) is 0 Å². The molecule has 0 aromatic carbocycles. The number of rotatable bonds is 2. The maximum Gasteiger partial charge on any atom is 0.321 e. The number of halogens is 1. The standard InChI is InChI=1S/C3H6INO2/c4-1-2(5)3(6)7/h2H,1,5H2,(H,6,7)/t2-/m1/s1. The molecule has 0 aliphatic rings. The van der Waals surface area contributed by atoms with Crippen molar-refractivity contribution in [3.05, 3.63) is 0 Å². The van der Waals surface area contributed by atoms with Crippen molar-refractivity contribution in [2.45, 2.75) is 6.04 Å². The second kappa shape index (κ2) is 3.20. The summed E-state index contributed by atoms with van der Waals surface area (Å²) in [5.41, 5.74) is 5.01. The van der Waals surface area contributed by atoms with E-state index in [9.17, 15) is 4.79 Å². The minimum Gasteiger partial charge on any atom is -0.480 e. The lowest BCUT2D eigenvalue weighted by atomic mass is 10.4. The van der Waals surface area contributed by atoms with Crippen LogP contribution >= 0.6 is 22.6 Å². The molecule has 0 rings (SSSR count). The number of carboxylic acids is 1. The molecule has 0 aliphatic carbocycles. The number of alkyl halides is 1. The fourth-order valence-electron chi connectivity index (χ4n) is 0.0660. The Labute approximate surface area is 55.0 Å². The maximum absolute atomic E-state index is 9.80. The van der Waals surface area contributed by atoms with Crippen molar-refractivity contribution < 1.29 is 9.90 Å². The van der Waals surface area contributed by atoms with Crippen LogP contribution in [0.15, 0.2) is 0 Å². The first-order valence-corrected chi connectivity index (χ1v) is 3.25. The number of carboxylic acid groups (broad SMARTS) is 1. The van der Waals surface area contributed by atoms with Crippen molar-refractivity contribution in [2.24, 2.45) is 5.73 Å². The molecule has 0 saturated carbocycles. The lowest BCUT2D eigenvalue weighted by Crippen LogP contribution is -2.31. The minimum atomic E-state index is -0.936. The van der Waals surface area contributed by atoms with E-state index in [2.05, 4.69) is 0 Å². The molecule has 0 heterocycles. The van der Waals surface area contributed by atoms with E-state index in [1.807, 2.05) is 22.6 Å². The Kier molecular flexibility index (Phi) is 3.27. The molecule has 0 aromatic heterocycles. The van der Waals surface area contributed by atoms with Gasteiger partial charge in [0.15, 0.2) is 0 Å². The van der Waals surface area contributed by atoms with Crippen LogP contribution in [0.25, 0.3) is 0 Å². The molecular formula is C3H6INO2. The van der Waals surface area contributed by atoms with Crippen LogP contribution in [0.4, 0.5) is 0 Å². The van der Waals surface area contributed by atoms with E-state index in [0.29, 0.717) is 4.43 Å². The number of hydrogen-bond acceptors (Lipinski definition) is 2. The summed E-state index contributed by atoms with van der Waals surface area (Å²) in [7, 11) is 0. The van der Waals surface area contributed by atoms with E-state index >= 15 is 0 Å². The lowest BCUT2D eigenvalue weighted by molar-refractivity contribution is -0.137. The third kappa shape index (κ3) is 2.81. The number of nitrogens with two attached hydrogens (primary N) is 1. The summed E-state index contributed by atoms with van der Waals surface area (Å²) >= 11 is 1.92. The highest BCUT2D eigenvalue weighted by Gasteiger charge is 2.06. The summed E-state index contributed by atoms with van der Waals surface area (Å²) in [6.07, 6.45) is 0. The first-order chi connectivity index (χ1) is 3.18. The zero-order chi connectivity index (χ0) is 5.86. The molecule has 0 aliphatic heterocycles. The summed E-state index contributed by atoms with van der Waals surface area (Å²) in [6.45, 7) is 0. The molecule has 42 valence electrons. The van der Waals surface area contributed by atoms with Gasteiger partial charge in [-0.05, 0) is 0 Å². The van der Waals surface area contributed by atoms with Gasteiger partial charge < -0.3 is 10.8 Å². The fraction of sp³-hybridized carbons (Fsp3) is 0.667. The highest BCUT2D eigenvalue weighted by molar-refractivity contribution is 14.1. The van der Waals surface area contributed by atoms with Gasteiger partial charge in [-0.15, -0.1) is 0 Å². The van der Waals surface area contributed by atoms with Crippen molar-refractivity contribution in [2.75, 3.05) is 4.43 Å². The second-order valence-corrected chi connectivity index (χ2v) is 1.98. The van der Waals surface area contributed by atoms with E-state index in [4.69, 9.17) is 10.8 Å². The van der Waals surface area contributed by atoms with Gasteiger partial charge in [0.05, 0.1) is 0 Å². The van der Waals surface area contributed by atoms with Gasteiger partial charge in [-0.1, -0.05) is 22.6 Å². The number of carbonyl (C=O) groups is 1. The Morgan fingerprint density at radius 2 is 2.43 bits per heavy atom. The largest absolute Gasteiger partial charge is 0.480 e. The molecule has 0 amide bonds. The Balaban J connectivity index is 3.34. The van der Waals surface area contributed by atoms with E-state index in [-0.39, 0.29) is 0 Å². The van der Waals surface area contributed by atoms with E-state index in [0.717, 1.165) is 0 Å². The first-order valence-electron chi connectivity index (χ1n) is 1.73. The molecule has 0 unspecified atom stereocenters. The monoisotopic (exact) mass is 215 g/mol. The van der Waals surface area contributed by atoms with E-state index in [1.54, 1.807) is 0 Å². The molecule has 3 nitrogen and oxygen atoms in total. The second-order valence-electron chi connectivity index (χ2n) is 1.10. The highest BCUT2D eigenvalue weighted by Crippen LogP contribution is 1.85. The Morgan fingerprint density at radius 3 is 2.43 bits per heavy atom. The Hall–Kier alpha value is 0.160. The van der Waals surface area contributed by atoms with Gasteiger partial charge >= 0.3 is 5.97 Å². The SMILES string of the molecule is N[C@H](CI)C(=O)O. The third-order valence-electron chi connectivity index (χ3n) is 0.483. The lowest BCUT2D eigenvalue weighted by Gasteiger charge is -1.95. The van der Waals surface area contributed by atoms with E-state index < -0.39 is 12.0 Å². The first kappa shape index (κ1) is 7.16. The summed E-state index contributed by atoms with van der Waals surface area (Å²) in [4.78, 5) is 9.80. The summed E-state index contributed by atoms with van der Waals surface area (Å²) < 4.78 is 0.465. The van der Waals surface area contributed by atoms with Gasteiger partial charge in [-0.2, -0.15) is 0 Å². The predicted octanol–water partition coefficient (Wildman–Crippen LogP) is -0.167. The molecule has 1 atom stereocenters. The molecule has 0 saturated heterocycles. The average Bonchev–Trinajstić information content (AvgIpc) is 1.65. The van der Waals surface area contributed by atoms with Crippen molar-refractivity contribution in [3.63, 3.8) is 0 Å². The molecular weight excluding hydrogens is 209 g/mol. The van der Waals surface area contributed by atoms with Crippen LogP contribution in [0, 0.1) is 0 Å². The quantitative estimate of drug-likeness (QED) is 0.496. The van der Waals surface area contributed by atoms with Crippen molar-refractivity contribution >= 4 is 28.6 Å². The number of aliphatic carboxylic acids is 1. The van der Waals surface area contributed by atoms with Gasteiger partial charge in [-0.3, -0.25) is 4.79 Å². The van der Waals surface area contributed by atoms with Crippen LogP contribution in [-0.2, 0) is 4.79 Å². The zero-order valence-corrected chi connectivity index (χ0v) is 5.75. The molecule has 0 aromatic rings. The smallest absolute Gasteiger partial charge is 0.321 e. The van der Waals surface area contributed by atoms with Gasteiger partial charge in [0.25, 0.3) is 0 Å². The molecule has 3 N–H and O–H groups in total. The van der Waals surface area contributed by atoms with Gasteiger partial charge in [0.2, 0.25) is 0 Å². The topological polar surface area (TPSA) is 63.3 Å². The van der Waals surface area contributed by atoms with Gasteiger partial charge in [0.1, 0.15) is 6.04 Å². The maximum atomic E-state index is 9.80. The highest BCUT2D eigenvalue weighted by atomic mass is 127. The number of hydrogen-bond donors (Lipinski definition) is 2. The van der Waals surface area contributed by atoms with E-state index in [1.165, 1.54) is 0 Å². The third-order valence-corrected chi connectivity index (χ3v) is 1.43. The van der Waals surface area contributed by atoms with Crippen LogP contribution in [0.3, 0.4) is 0 Å². The minimum absolute atomic E-state index is 0.465. The zero-order valence-electron chi connectivity index (χ0n) is 3.60. The van der Waals surface area contributed by atoms with Crippen molar-refractivity contribution in [3.8, 4) is 0 Å². The molecule has 7 heavy (non-hydrogen) atoms. The summed E-state index contributed by atoms with van der Waals surface area (Å²) in [5.74, 6) is -0.936. The predicted molar refractivity (Wildman–Crippen MR) is 34.5 cm³/mol. The van der Waals surface area contributed by atoms with Crippen molar-refractivity contribution in [1.29, 1.82) is 0 Å². The summed E-state index contributed by atoms with van der Waals surface area (Å²) in [6, 6.07) is -0.694. The Bertz CT molecular complexity index is 75.3. The molecule has 0 radical (unpaired) electrons. The Morgan fingerprint density at radius 1 is 2.00 bits per heavy atom. The van der Waals surface area contributed by atoms with Crippen LogP contribution < -0.4 is 5.73 Å². The molecule has 0 fully saturated rings. The molecule has 0 bridgehead atoms. The van der Waals surface area contributed by atoms with Gasteiger partial charge in [-0.25, -0.2) is 0 Å². The van der Waals surface area contributed by atoms with Crippen LogP contribution in [0.5, 0.6) is 0 Å². The average molecular weight is 215 g/mol. The molecule has 0 spiro atoms. The van der Waals surface area contributed by atoms with Crippen LogP contribution in [-0.4, -0.2) is 21.5 Å². The normalized spacial score (nSPS) is 13.4. The fourth-order valence-corrected chi connectivity index (χ4v) is 0.443. The summed E-state index contributed by atoms with van der Waals surface area (Å²) in [5, 5.41) is 8.05. The van der Waals surface area contributed by atoms with Crippen LogP contribution in [0.2, 0.25) is 0 Å². The molecule has 4 heteroatoms.